The van der Waals surface area contributed by atoms with Crippen molar-refractivity contribution >= 4 is 18.2 Å². The molecule has 0 fully saturated rings. The van der Waals surface area contributed by atoms with Crippen molar-refractivity contribution in [2.24, 2.45) is 4.40 Å². The lowest BCUT2D eigenvalue weighted by molar-refractivity contribution is 0.174. The molecule has 0 spiro atoms. The van der Waals surface area contributed by atoms with Crippen LogP contribution in [0.25, 0.3) is 0 Å². The van der Waals surface area contributed by atoms with Gasteiger partial charge in [0.2, 0.25) is 6.79 Å². The molecule has 0 bridgehead atoms. The Bertz CT molecular complexity index is 569. The number of ether oxygens (including phenoxy) is 2. The number of nitrogens with zero attached hydrogens (tertiary/aromatic N) is 1. The van der Waals surface area contributed by atoms with E-state index < -0.39 is 0 Å². The highest BCUT2D eigenvalue weighted by molar-refractivity contribution is 7.98. The van der Waals surface area contributed by atoms with Crippen molar-refractivity contribution in [3.8, 4) is 11.5 Å². The molecule has 1 aliphatic rings. The molecule has 0 atom stereocenters. The molecule has 0 saturated carbocycles. The topological polar surface area (TPSA) is 30.8 Å². The van der Waals surface area contributed by atoms with Crippen LogP contribution in [0.5, 0.6) is 11.5 Å². The highest BCUT2D eigenvalue weighted by atomic mass is 32.2. The summed E-state index contributed by atoms with van der Waals surface area (Å²) in [5.41, 5.74) is 1.00. The van der Waals surface area contributed by atoms with Gasteiger partial charge in [-0.05, 0) is 35.9 Å². The Morgan fingerprint density at radius 3 is 2.72 bits per heavy atom. The zero-order valence-electron chi connectivity index (χ0n) is 9.58. The first-order valence-corrected chi connectivity index (χ1v) is 6.34. The third kappa shape index (κ3) is 2.49. The maximum atomic E-state index is 5.31. The van der Waals surface area contributed by atoms with Gasteiger partial charge in [-0.15, -0.1) is 0 Å². The molecule has 2 aromatic carbocycles. The van der Waals surface area contributed by atoms with Gasteiger partial charge < -0.3 is 9.47 Å². The number of hydrogen-bond acceptors (Lipinski definition) is 4. The van der Waals surface area contributed by atoms with Crippen LogP contribution in [0, 0.1) is 0 Å². The van der Waals surface area contributed by atoms with E-state index >= 15 is 0 Å². The molecule has 1 heterocycles. The Kier molecular flexibility index (Phi) is 3.19. The molecule has 0 amide bonds. The van der Waals surface area contributed by atoms with Gasteiger partial charge in [0.05, 0.1) is 0 Å². The first-order valence-electron chi connectivity index (χ1n) is 5.57. The van der Waals surface area contributed by atoms with Crippen LogP contribution in [0.2, 0.25) is 0 Å². The van der Waals surface area contributed by atoms with Crippen LogP contribution < -0.4 is 9.47 Å². The zero-order chi connectivity index (χ0) is 12.2. The van der Waals surface area contributed by atoms with Gasteiger partial charge in [0.25, 0.3) is 0 Å². The monoisotopic (exact) mass is 257 g/mol. The highest BCUT2D eigenvalue weighted by Gasteiger charge is 2.12. The van der Waals surface area contributed by atoms with E-state index in [1.165, 1.54) is 11.9 Å². The normalized spacial score (nSPS) is 13.1. The van der Waals surface area contributed by atoms with E-state index in [0.29, 0.717) is 6.79 Å². The lowest BCUT2D eigenvalue weighted by atomic mass is 10.2. The molecule has 0 aliphatic carbocycles. The van der Waals surface area contributed by atoms with Gasteiger partial charge in [-0.2, -0.15) is 0 Å². The molecule has 18 heavy (non-hydrogen) atoms. The van der Waals surface area contributed by atoms with Crippen LogP contribution >= 0.6 is 11.9 Å². The number of fused-ring (bicyclic) bond motifs is 1. The van der Waals surface area contributed by atoms with Crippen molar-refractivity contribution in [3.05, 3.63) is 54.1 Å². The molecular weight excluding hydrogens is 246 g/mol. The fourth-order valence-corrected chi connectivity index (χ4v) is 2.20. The number of rotatable bonds is 3. The second kappa shape index (κ2) is 5.14. The molecule has 0 saturated heterocycles. The van der Waals surface area contributed by atoms with Crippen LogP contribution in [0.3, 0.4) is 0 Å². The van der Waals surface area contributed by atoms with Gasteiger partial charge in [-0.3, -0.25) is 0 Å². The quantitative estimate of drug-likeness (QED) is 0.622. The molecular formula is C14H11NO2S. The Hall–Kier alpha value is -1.94. The Morgan fingerprint density at radius 1 is 1.00 bits per heavy atom. The van der Waals surface area contributed by atoms with Crippen molar-refractivity contribution in [1.82, 2.24) is 0 Å². The van der Waals surface area contributed by atoms with Crippen molar-refractivity contribution < 1.29 is 9.47 Å². The van der Waals surface area contributed by atoms with Crippen LogP contribution in [-0.4, -0.2) is 13.0 Å². The molecule has 0 aromatic heterocycles. The van der Waals surface area contributed by atoms with Crippen LogP contribution in [-0.2, 0) is 0 Å². The van der Waals surface area contributed by atoms with Crippen molar-refractivity contribution in [1.29, 1.82) is 0 Å². The molecule has 0 N–H and O–H groups in total. The Balaban J connectivity index is 1.69. The standard InChI is InChI=1S/C14H11NO2S/c1-2-4-12(5-3-1)18-15-9-11-6-7-13-14(8-11)17-10-16-13/h1-9H,10H2/b15-9+. The predicted octanol–water partition coefficient (Wildman–Crippen LogP) is 3.54. The van der Waals surface area contributed by atoms with Gasteiger partial charge in [-0.1, -0.05) is 18.2 Å². The Morgan fingerprint density at radius 2 is 1.83 bits per heavy atom. The molecule has 3 nitrogen and oxygen atoms in total. The summed E-state index contributed by atoms with van der Waals surface area (Å²) < 4.78 is 14.9. The van der Waals surface area contributed by atoms with Gasteiger partial charge >= 0.3 is 0 Å². The lowest BCUT2D eigenvalue weighted by Crippen LogP contribution is -1.92. The minimum atomic E-state index is 0.300. The molecule has 1 aliphatic heterocycles. The third-order valence-corrected chi connectivity index (χ3v) is 3.19. The minimum Gasteiger partial charge on any atom is -0.454 e. The maximum absolute atomic E-state index is 5.31. The second-order valence-corrected chi connectivity index (χ2v) is 4.62. The van der Waals surface area contributed by atoms with E-state index in [1.54, 1.807) is 0 Å². The van der Waals surface area contributed by atoms with E-state index in [4.69, 9.17) is 9.47 Å². The predicted molar refractivity (Wildman–Crippen MR) is 72.5 cm³/mol. The first-order chi connectivity index (χ1) is 8.92. The first kappa shape index (κ1) is 11.2. The van der Waals surface area contributed by atoms with E-state index in [0.717, 1.165) is 22.0 Å². The summed E-state index contributed by atoms with van der Waals surface area (Å²) in [6.45, 7) is 0.300. The van der Waals surface area contributed by atoms with E-state index in [1.807, 2.05) is 54.7 Å². The maximum Gasteiger partial charge on any atom is 0.231 e. The van der Waals surface area contributed by atoms with E-state index in [-0.39, 0.29) is 0 Å². The van der Waals surface area contributed by atoms with Crippen molar-refractivity contribution in [2.75, 3.05) is 6.79 Å². The molecule has 3 rings (SSSR count). The van der Waals surface area contributed by atoms with E-state index in [2.05, 4.69) is 4.40 Å². The molecule has 0 unspecified atom stereocenters. The van der Waals surface area contributed by atoms with Crippen LogP contribution in [0.1, 0.15) is 5.56 Å². The average molecular weight is 257 g/mol. The summed E-state index contributed by atoms with van der Waals surface area (Å²) in [6, 6.07) is 15.8. The van der Waals surface area contributed by atoms with Gasteiger partial charge in [0.15, 0.2) is 11.5 Å². The van der Waals surface area contributed by atoms with Crippen LogP contribution in [0.4, 0.5) is 0 Å². The van der Waals surface area contributed by atoms with Gasteiger partial charge in [-0.25, -0.2) is 4.40 Å². The summed E-state index contributed by atoms with van der Waals surface area (Å²) in [5, 5.41) is 0. The molecule has 2 aromatic rings. The van der Waals surface area contributed by atoms with Crippen molar-refractivity contribution in [3.63, 3.8) is 0 Å². The van der Waals surface area contributed by atoms with E-state index in [9.17, 15) is 0 Å². The smallest absolute Gasteiger partial charge is 0.231 e. The number of hydrogen-bond donors (Lipinski definition) is 0. The summed E-state index contributed by atoms with van der Waals surface area (Å²) in [4.78, 5) is 1.12. The van der Waals surface area contributed by atoms with Gasteiger partial charge in [0.1, 0.15) is 0 Å². The Labute approximate surface area is 110 Å². The summed E-state index contributed by atoms with van der Waals surface area (Å²) in [7, 11) is 0. The lowest BCUT2D eigenvalue weighted by Gasteiger charge is -1.97. The minimum absolute atomic E-state index is 0.300. The molecule has 4 heteroatoms. The van der Waals surface area contributed by atoms with Gasteiger partial charge in [0, 0.05) is 23.1 Å². The molecule has 90 valence electrons. The van der Waals surface area contributed by atoms with Crippen molar-refractivity contribution in [2.45, 2.75) is 4.90 Å². The average Bonchev–Trinajstić information content (AvgIpc) is 2.87. The molecule has 0 radical (unpaired) electrons. The third-order valence-electron chi connectivity index (χ3n) is 2.50. The SMILES string of the molecule is C(=N\Sc1ccccc1)/c1ccc2c(c1)OCO2. The zero-order valence-corrected chi connectivity index (χ0v) is 10.4. The number of benzene rings is 2. The summed E-state index contributed by atoms with van der Waals surface area (Å²) in [5.74, 6) is 1.58. The second-order valence-electron chi connectivity index (χ2n) is 3.75. The largest absolute Gasteiger partial charge is 0.454 e. The van der Waals surface area contributed by atoms with Crippen LogP contribution in [0.15, 0.2) is 57.8 Å². The summed E-state index contributed by atoms with van der Waals surface area (Å²) >= 11 is 1.45. The highest BCUT2D eigenvalue weighted by Crippen LogP contribution is 2.32. The fourth-order valence-electron chi connectivity index (χ4n) is 1.62. The summed E-state index contributed by atoms with van der Waals surface area (Å²) in [6.07, 6.45) is 1.82. The fraction of sp³-hybridized carbons (Fsp3) is 0.0714.